The lowest BCUT2D eigenvalue weighted by Gasteiger charge is -2.33. The Hall–Kier alpha value is -1.07. The highest BCUT2D eigenvalue weighted by Crippen LogP contribution is 2.15. The number of imidazole rings is 1. The lowest BCUT2D eigenvalue weighted by molar-refractivity contribution is 0.0414. The molecule has 5 heteroatoms. The Morgan fingerprint density at radius 1 is 1.62 bits per heavy atom. The molecule has 0 radical (unpaired) electrons. The first-order valence-electron chi connectivity index (χ1n) is 5.87. The summed E-state index contributed by atoms with van der Waals surface area (Å²) in [6, 6.07) is 0. The fourth-order valence-corrected chi connectivity index (χ4v) is 2.08. The molecule has 1 aromatic heterocycles. The van der Waals surface area contributed by atoms with Gasteiger partial charge in [0.1, 0.15) is 0 Å². The van der Waals surface area contributed by atoms with Gasteiger partial charge in [0.25, 0.3) is 0 Å². The average molecular weight is 224 g/mol. The summed E-state index contributed by atoms with van der Waals surface area (Å²) in [7, 11) is 1.95. The van der Waals surface area contributed by atoms with Gasteiger partial charge in [0, 0.05) is 38.6 Å². The minimum atomic E-state index is 0.265. The van der Waals surface area contributed by atoms with E-state index in [1.807, 2.05) is 19.4 Å². The highest BCUT2D eigenvalue weighted by atomic mass is 16.5. The van der Waals surface area contributed by atoms with Gasteiger partial charge in [-0.2, -0.15) is 0 Å². The van der Waals surface area contributed by atoms with Gasteiger partial charge < -0.3 is 19.5 Å². The fourth-order valence-electron chi connectivity index (χ4n) is 2.08. The maximum atomic E-state index is 5.68. The first-order valence-corrected chi connectivity index (χ1v) is 5.87. The van der Waals surface area contributed by atoms with Crippen LogP contribution in [0, 0.1) is 0 Å². The molecule has 0 amide bonds. The predicted molar refractivity (Wildman–Crippen MR) is 63.8 cm³/mol. The minimum absolute atomic E-state index is 0.265. The summed E-state index contributed by atoms with van der Waals surface area (Å²) in [5.41, 5.74) is 0. The second kappa shape index (κ2) is 5.32. The maximum Gasteiger partial charge on any atom is 0.205 e. The van der Waals surface area contributed by atoms with Crippen molar-refractivity contribution < 1.29 is 4.74 Å². The van der Waals surface area contributed by atoms with Gasteiger partial charge in [-0.1, -0.05) is 0 Å². The van der Waals surface area contributed by atoms with E-state index >= 15 is 0 Å². The van der Waals surface area contributed by atoms with Crippen LogP contribution >= 0.6 is 0 Å². The first kappa shape index (κ1) is 11.4. The highest BCUT2D eigenvalue weighted by molar-refractivity contribution is 5.32. The van der Waals surface area contributed by atoms with Crippen molar-refractivity contribution >= 4 is 5.95 Å². The summed E-state index contributed by atoms with van der Waals surface area (Å²) in [4.78, 5) is 6.72. The molecule has 0 bridgehead atoms. The second-order valence-electron chi connectivity index (χ2n) is 4.01. The van der Waals surface area contributed by atoms with Crippen LogP contribution in [-0.2, 0) is 11.3 Å². The summed E-state index contributed by atoms with van der Waals surface area (Å²) in [6.07, 6.45) is 4.15. The summed E-state index contributed by atoms with van der Waals surface area (Å²) >= 11 is 0. The van der Waals surface area contributed by atoms with Crippen LogP contribution in [0.4, 0.5) is 5.95 Å². The number of likely N-dealkylation sites (N-methyl/N-ethyl adjacent to an activating group) is 1. The zero-order chi connectivity index (χ0) is 11.4. The van der Waals surface area contributed by atoms with Crippen LogP contribution in [0.1, 0.15) is 6.92 Å². The molecule has 1 unspecified atom stereocenters. The Morgan fingerprint density at radius 2 is 2.50 bits per heavy atom. The largest absolute Gasteiger partial charge is 0.373 e. The summed E-state index contributed by atoms with van der Waals surface area (Å²) < 4.78 is 7.85. The number of nitrogens with one attached hydrogen (secondary N) is 1. The van der Waals surface area contributed by atoms with Gasteiger partial charge in [0.05, 0.1) is 12.7 Å². The Kier molecular flexibility index (Phi) is 3.79. The Bertz CT molecular complexity index is 324. The van der Waals surface area contributed by atoms with Crippen molar-refractivity contribution in [2.24, 2.45) is 0 Å². The van der Waals surface area contributed by atoms with Gasteiger partial charge in [-0.25, -0.2) is 4.98 Å². The number of aryl methyl sites for hydroxylation is 1. The maximum absolute atomic E-state index is 5.68. The molecule has 1 fully saturated rings. The number of ether oxygens (including phenoxy) is 1. The summed E-state index contributed by atoms with van der Waals surface area (Å²) in [5.74, 6) is 1.06. The number of aromatic nitrogens is 2. The minimum Gasteiger partial charge on any atom is -0.373 e. The molecule has 2 rings (SSSR count). The molecule has 90 valence electrons. The molecule has 1 atom stereocenters. The number of hydrogen-bond acceptors (Lipinski definition) is 4. The van der Waals surface area contributed by atoms with Gasteiger partial charge in [0.2, 0.25) is 5.95 Å². The van der Waals surface area contributed by atoms with E-state index in [-0.39, 0.29) is 6.10 Å². The second-order valence-corrected chi connectivity index (χ2v) is 4.01. The van der Waals surface area contributed by atoms with Crippen LogP contribution in [0.25, 0.3) is 0 Å². The third kappa shape index (κ3) is 2.36. The van der Waals surface area contributed by atoms with Crippen LogP contribution in [0.15, 0.2) is 12.4 Å². The average Bonchev–Trinajstić information content (AvgIpc) is 2.78. The Labute approximate surface area is 96.4 Å². The highest BCUT2D eigenvalue weighted by Gasteiger charge is 2.22. The van der Waals surface area contributed by atoms with E-state index in [0.717, 1.165) is 38.7 Å². The van der Waals surface area contributed by atoms with E-state index in [0.29, 0.717) is 0 Å². The van der Waals surface area contributed by atoms with Gasteiger partial charge in [-0.3, -0.25) is 0 Å². The van der Waals surface area contributed by atoms with Gasteiger partial charge >= 0.3 is 0 Å². The van der Waals surface area contributed by atoms with Crippen LogP contribution in [0.3, 0.4) is 0 Å². The Morgan fingerprint density at radius 3 is 3.25 bits per heavy atom. The molecule has 1 saturated heterocycles. The van der Waals surface area contributed by atoms with Crippen molar-refractivity contribution in [2.45, 2.75) is 19.6 Å². The zero-order valence-electron chi connectivity index (χ0n) is 10.0. The van der Waals surface area contributed by atoms with Crippen molar-refractivity contribution in [3.8, 4) is 0 Å². The van der Waals surface area contributed by atoms with E-state index in [4.69, 9.17) is 4.74 Å². The van der Waals surface area contributed by atoms with Crippen molar-refractivity contribution in [3.05, 3.63) is 12.4 Å². The molecule has 1 N–H and O–H groups in total. The van der Waals surface area contributed by atoms with Gasteiger partial charge in [0.15, 0.2) is 0 Å². The topological polar surface area (TPSA) is 42.3 Å². The van der Waals surface area contributed by atoms with Crippen molar-refractivity contribution in [1.82, 2.24) is 14.9 Å². The fraction of sp³-hybridized carbons (Fsp3) is 0.727. The quantitative estimate of drug-likeness (QED) is 0.800. The lowest BCUT2D eigenvalue weighted by atomic mass is 10.3. The molecule has 16 heavy (non-hydrogen) atoms. The lowest BCUT2D eigenvalue weighted by Crippen LogP contribution is -2.47. The van der Waals surface area contributed by atoms with Gasteiger partial charge in [-0.15, -0.1) is 0 Å². The molecule has 0 aromatic carbocycles. The van der Waals surface area contributed by atoms with E-state index in [2.05, 4.69) is 26.7 Å². The number of hydrogen-bond donors (Lipinski definition) is 1. The predicted octanol–water partition coefficient (Wildman–Crippen LogP) is 0.328. The van der Waals surface area contributed by atoms with Crippen molar-refractivity contribution in [2.75, 3.05) is 38.2 Å². The smallest absolute Gasteiger partial charge is 0.205 e. The number of morpholine rings is 1. The number of rotatable bonds is 4. The molecule has 1 aliphatic rings. The third-order valence-corrected chi connectivity index (χ3v) is 2.89. The third-order valence-electron chi connectivity index (χ3n) is 2.89. The SMILES string of the molecule is CCn1ccnc1N1CCOC(CNC)C1. The van der Waals surface area contributed by atoms with E-state index in [9.17, 15) is 0 Å². The number of nitrogens with zero attached hydrogens (tertiary/aromatic N) is 3. The number of anilines is 1. The first-order chi connectivity index (χ1) is 7.85. The molecule has 1 aromatic rings. The van der Waals surface area contributed by atoms with E-state index in [1.54, 1.807) is 0 Å². The van der Waals surface area contributed by atoms with Crippen molar-refractivity contribution in [1.29, 1.82) is 0 Å². The molecule has 1 aliphatic heterocycles. The van der Waals surface area contributed by atoms with Crippen LogP contribution < -0.4 is 10.2 Å². The molecule has 5 nitrogen and oxygen atoms in total. The van der Waals surface area contributed by atoms with E-state index < -0.39 is 0 Å². The normalized spacial score (nSPS) is 21.4. The molecule has 2 heterocycles. The van der Waals surface area contributed by atoms with Crippen LogP contribution in [-0.4, -0.2) is 48.9 Å². The zero-order valence-corrected chi connectivity index (χ0v) is 10.0. The van der Waals surface area contributed by atoms with Crippen LogP contribution in [0.2, 0.25) is 0 Å². The molecule has 0 spiro atoms. The molecule has 0 saturated carbocycles. The summed E-state index contributed by atoms with van der Waals surface area (Å²) in [6.45, 7) is 6.61. The molecular weight excluding hydrogens is 204 g/mol. The van der Waals surface area contributed by atoms with E-state index in [1.165, 1.54) is 0 Å². The van der Waals surface area contributed by atoms with Crippen LogP contribution in [0.5, 0.6) is 0 Å². The standard InChI is InChI=1S/C11H20N4O/c1-3-14-5-4-13-11(14)15-6-7-16-10(9-15)8-12-2/h4-5,10,12H,3,6-9H2,1-2H3. The Balaban J connectivity index is 2.03. The summed E-state index contributed by atoms with van der Waals surface area (Å²) in [5, 5.41) is 3.15. The monoisotopic (exact) mass is 224 g/mol. The van der Waals surface area contributed by atoms with Gasteiger partial charge in [-0.05, 0) is 14.0 Å². The van der Waals surface area contributed by atoms with Crippen molar-refractivity contribution in [3.63, 3.8) is 0 Å². The molecular formula is C11H20N4O. The molecule has 0 aliphatic carbocycles.